The van der Waals surface area contributed by atoms with Crippen molar-refractivity contribution in [1.29, 1.82) is 0 Å². The fourth-order valence-corrected chi connectivity index (χ4v) is 2.36. The van der Waals surface area contributed by atoms with Crippen LogP contribution in [0.15, 0.2) is 12.2 Å². The first-order chi connectivity index (χ1) is 8.88. The van der Waals surface area contributed by atoms with Crippen LogP contribution in [0.3, 0.4) is 0 Å². The fraction of sp³-hybridized carbons (Fsp3) is 0.583. The lowest BCUT2D eigenvalue weighted by atomic mass is 9.78. The van der Waals surface area contributed by atoms with Crippen molar-refractivity contribution in [3.8, 4) is 0 Å². The Morgan fingerprint density at radius 3 is 2.68 bits per heavy atom. The first kappa shape index (κ1) is 13.4. The van der Waals surface area contributed by atoms with Crippen molar-refractivity contribution in [2.24, 2.45) is 0 Å². The van der Waals surface area contributed by atoms with Crippen molar-refractivity contribution < 1.29 is 33.3 Å². The van der Waals surface area contributed by atoms with Crippen molar-refractivity contribution in [2.45, 2.75) is 37.6 Å². The van der Waals surface area contributed by atoms with Gasteiger partial charge in [-0.2, -0.15) is 0 Å². The minimum Gasteiger partial charge on any atom is -0.466 e. The molecule has 0 spiro atoms. The van der Waals surface area contributed by atoms with Gasteiger partial charge in [-0.3, -0.25) is 4.79 Å². The molecule has 19 heavy (non-hydrogen) atoms. The highest BCUT2D eigenvalue weighted by Gasteiger charge is 2.57. The third-order valence-electron chi connectivity index (χ3n) is 3.24. The summed E-state index contributed by atoms with van der Waals surface area (Å²) in [6.45, 7) is 5.00. The number of esters is 2. The minimum atomic E-state index is -1.48. The summed E-state index contributed by atoms with van der Waals surface area (Å²) in [7, 11) is 1.19. The Labute approximate surface area is 109 Å². The summed E-state index contributed by atoms with van der Waals surface area (Å²) in [4.78, 5) is 34.3. The average molecular weight is 270 g/mol. The highest BCUT2D eigenvalue weighted by Crippen LogP contribution is 2.41. The zero-order chi connectivity index (χ0) is 14.2. The van der Waals surface area contributed by atoms with E-state index < -0.39 is 35.9 Å². The number of methoxy groups -OCH3 is 1. The summed E-state index contributed by atoms with van der Waals surface area (Å²) in [5, 5.41) is 0. The van der Waals surface area contributed by atoms with Gasteiger partial charge in [-0.25, -0.2) is 9.59 Å². The Kier molecular flexibility index (Phi) is 3.21. The molecule has 1 heterocycles. The predicted molar refractivity (Wildman–Crippen MR) is 60.0 cm³/mol. The molecule has 0 aromatic rings. The second-order valence-corrected chi connectivity index (χ2v) is 4.53. The van der Waals surface area contributed by atoms with Crippen LogP contribution in [0.2, 0.25) is 0 Å². The van der Waals surface area contributed by atoms with Gasteiger partial charge in [0.05, 0.1) is 7.11 Å². The van der Waals surface area contributed by atoms with Gasteiger partial charge in [0.25, 0.3) is 0 Å². The molecule has 0 aromatic heterocycles. The van der Waals surface area contributed by atoms with Crippen LogP contribution in [0, 0.1) is 0 Å². The summed E-state index contributed by atoms with van der Waals surface area (Å²) >= 11 is 0. The van der Waals surface area contributed by atoms with E-state index >= 15 is 0 Å². The van der Waals surface area contributed by atoms with Gasteiger partial charge in [0.1, 0.15) is 12.2 Å². The smallest absolute Gasteiger partial charge is 0.466 e. The van der Waals surface area contributed by atoms with Crippen molar-refractivity contribution in [2.75, 3.05) is 7.11 Å². The quantitative estimate of drug-likeness (QED) is 0.415. The molecule has 3 atom stereocenters. The Morgan fingerprint density at radius 2 is 2.11 bits per heavy atom. The fourth-order valence-electron chi connectivity index (χ4n) is 2.36. The van der Waals surface area contributed by atoms with Crippen LogP contribution in [-0.2, 0) is 28.5 Å². The topological polar surface area (TPSA) is 88.1 Å². The van der Waals surface area contributed by atoms with Gasteiger partial charge in [-0.1, -0.05) is 6.58 Å². The summed E-state index contributed by atoms with van der Waals surface area (Å²) in [5.41, 5.74) is -1.04. The zero-order valence-electron chi connectivity index (χ0n) is 10.6. The standard InChI is InChI=1S/C12H14O7/c1-6-8(17-7(2)13)4-12(10(14)16-3)5-9(6)18-11(15)19-12/h8-9H,1,4-5H2,2-3H3/t8-,9-,12-/m1/s1. The lowest BCUT2D eigenvalue weighted by Gasteiger charge is -2.44. The van der Waals surface area contributed by atoms with Gasteiger partial charge in [0, 0.05) is 25.3 Å². The van der Waals surface area contributed by atoms with Gasteiger partial charge in [0.15, 0.2) is 0 Å². The number of hydrogen-bond acceptors (Lipinski definition) is 7. The SMILES string of the molecule is C=C1[C@H](OC(C)=O)C[C@]2(C(=O)OC)C[C@H]1OC(=O)O2. The minimum absolute atomic E-state index is 0.0102. The van der Waals surface area contributed by atoms with E-state index in [9.17, 15) is 14.4 Å². The molecule has 2 rings (SSSR count). The van der Waals surface area contributed by atoms with E-state index in [-0.39, 0.29) is 12.8 Å². The van der Waals surface area contributed by atoms with Crippen molar-refractivity contribution in [3.05, 3.63) is 12.2 Å². The number of carbonyl (C=O) groups excluding carboxylic acids is 3. The molecule has 0 amide bonds. The molecule has 1 aliphatic heterocycles. The van der Waals surface area contributed by atoms with Gasteiger partial charge < -0.3 is 18.9 Å². The monoisotopic (exact) mass is 270 g/mol. The largest absolute Gasteiger partial charge is 0.510 e. The molecule has 0 N–H and O–H groups in total. The van der Waals surface area contributed by atoms with E-state index in [0.717, 1.165) is 0 Å². The lowest BCUT2D eigenvalue weighted by Crippen LogP contribution is -2.58. The van der Waals surface area contributed by atoms with Crippen LogP contribution in [0.5, 0.6) is 0 Å². The zero-order valence-corrected chi connectivity index (χ0v) is 10.6. The molecule has 1 saturated carbocycles. The average Bonchev–Trinajstić information content (AvgIpc) is 2.33. The maximum Gasteiger partial charge on any atom is 0.510 e. The van der Waals surface area contributed by atoms with E-state index in [1.807, 2.05) is 0 Å². The van der Waals surface area contributed by atoms with E-state index in [2.05, 4.69) is 11.3 Å². The van der Waals surface area contributed by atoms with Crippen LogP contribution < -0.4 is 0 Å². The number of ether oxygens (including phenoxy) is 4. The van der Waals surface area contributed by atoms with Gasteiger partial charge in [-0.15, -0.1) is 0 Å². The highest BCUT2D eigenvalue weighted by atomic mass is 16.8. The molecular weight excluding hydrogens is 256 g/mol. The molecule has 7 nitrogen and oxygen atoms in total. The number of hydrogen-bond donors (Lipinski definition) is 0. The molecule has 0 unspecified atom stereocenters. The van der Waals surface area contributed by atoms with Gasteiger partial charge >= 0.3 is 18.1 Å². The van der Waals surface area contributed by atoms with Crippen LogP contribution in [-0.4, -0.2) is 43.0 Å². The van der Waals surface area contributed by atoms with E-state index in [1.165, 1.54) is 14.0 Å². The van der Waals surface area contributed by atoms with Crippen LogP contribution in [0.1, 0.15) is 19.8 Å². The van der Waals surface area contributed by atoms with E-state index in [1.54, 1.807) is 0 Å². The molecule has 0 radical (unpaired) electrons. The second kappa shape index (κ2) is 4.56. The number of carbonyl (C=O) groups is 3. The van der Waals surface area contributed by atoms with E-state index in [4.69, 9.17) is 14.2 Å². The summed E-state index contributed by atoms with van der Waals surface area (Å²) in [5.74, 6) is -1.21. The maximum atomic E-state index is 11.9. The first-order valence-corrected chi connectivity index (χ1v) is 5.72. The molecule has 0 aromatic carbocycles. The summed E-state index contributed by atoms with van der Waals surface area (Å²) < 4.78 is 19.7. The highest BCUT2D eigenvalue weighted by molar-refractivity contribution is 5.84. The molecule has 1 aliphatic carbocycles. The Morgan fingerprint density at radius 1 is 1.42 bits per heavy atom. The van der Waals surface area contributed by atoms with Gasteiger partial charge in [-0.05, 0) is 0 Å². The normalized spacial score (nSPS) is 32.9. The molecule has 2 aliphatic rings. The molecule has 104 valence electrons. The summed E-state index contributed by atoms with van der Waals surface area (Å²) in [6.07, 6.45) is -2.32. The lowest BCUT2D eigenvalue weighted by molar-refractivity contribution is -0.192. The molecule has 1 saturated heterocycles. The van der Waals surface area contributed by atoms with E-state index in [0.29, 0.717) is 5.57 Å². The van der Waals surface area contributed by atoms with Gasteiger partial charge in [0.2, 0.25) is 5.60 Å². The first-order valence-electron chi connectivity index (χ1n) is 5.72. The Hall–Kier alpha value is -2.05. The van der Waals surface area contributed by atoms with Crippen molar-refractivity contribution in [3.63, 3.8) is 0 Å². The predicted octanol–water partition coefficient (Wildman–Crippen LogP) is 0.715. The van der Waals surface area contributed by atoms with Crippen LogP contribution >= 0.6 is 0 Å². The Balaban J connectivity index is 2.31. The molecular formula is C12H14O7. The number of fused-ring (bicyclic) bond motifs is 2. The molecule has 2 bridgehead atoms. The molecule has 2 fully saturated rings. The third-order valence-corrected chi connectivity index (χ3v) is 3.24. The Bertz CT molecular complexity index is 455. The van der Waals surface area contributed by atoms with Crippen molar-refractivity contribution >= 4 is 18.1 Å². The second-order valence-electron chi connectivity index (χ2n) is 4.53. The summed E-state index contributed by atoms with van der Waals surface area (Å²) in [6, 6.07) is 0. The maximum absolute atomic E-state index is 11.9. The van der Waals surface area contributed by atoms with Crippen molar-refractivity contribution in [1.82, 2.24) is 0 Å². The van der Waals surface area contributed by atoms with Crippen LogP contribution in [0.4, 0.5) is 4.79 Å². The number of rotatable bonds is 2. The molecule has 7 heteroatoms. The van der Waals surface area contributed by atoms with Crippen LogP contribution in [0.25, 0.3) is 0 Å². The third kappa shape index (κ3) is 2.27.